The molecule has 1 aromatic heterocycles. The van der Waals surface area contributed by atoms with Crippen LogP contribution in [0.3, 0.4) is 0 Å². The number of hydrogen-bond donors (Lipinski definition) is 1. The summed E-state index contributed by atoms with van der Waals surface area (Å²) in [6.45, 7) is 1.46. The van der Waals surface area contributed by atoms with Crippen molar-refractivity contribution in [1.82, 2.24) is 9.55 Å². The Morgan fingerprint density at radius 1 is 1.50 bits per heavy atom. The molecule has 0 aliphatic carbocycles. The summed E-state index contributed by atoms with van der Waals surface area (Å²) >= 11 is 0. The number of imidazole rings is 1. The van der Waals surface area contributed by atoms with E-state index in [-0.39, 0.29) is 18.7 Å². The molecule has 1 heterocycles. The minimum Gasteiger partial charge on any atom is -0.478 e. The molecule has 2 rings (SSSR count). The highest BCUT2D eigenvalue weighted by molar-refractivity contribution is 6.01. The number of nitrogens with zero attached hydrogens (tertiary/aromatic N) is 2. The van der Waals surface area contributed by atoms with Crippen LogP contribution in [0, 0.1) is 6.92 Å². The summed E-state index contributed by atoms with van der Waals surface area (Å²) in [5.41, 5.74) is 1.19. The smallest absolute Gasteiger partial charge is 0.337 e. The fourth-order valence-electron chi connectivity index (χ4n) is 2.08. The lowest BCUT2D eigenvalue weighted by Crippen LogP contribution is -2.12. The normalized spacial score (nSPS) is 11.4. The maximum atomic E-state index is 12.0. The van der Waals surface area contributed by atoms with Gasteiger partial charge in [0, 0.05) is 6.54 Å². The highest BCUT2D eigenvalue weighted by atomic mass is 19.3. The molecular weight excluding hydrogens is 270 g/mol. The molecule has 0 fully saturated rings. The Labute approximate surface area is 113 Å². The van der Waals surface area contributed by atoms with Crippen LogP contribution in [0.15, 0.2) is 18.2 Å². The van der Waals surface area contributed by atoms with E-state index in [2.05, 4.69) is 4.98 Å². The van der Waals surface area contributed by atoms with Crippen molar-refractivity contribution in [3.05, 3.63) is 29.6 Å². The Morgan fingerprint density at radius 2 is 2.25 bits per heavy atom. The minimum atomic E-state index is -2.51. The summed E-state index contributed by atoms with van der Waals surface area (Å²) in [5.74, 6) is -0.431. The molecule has 0 aliphatic heterocycles. The summed E-state index contributed by atoms with van der Waals surface area (Å²) in [6.07, 6.45) is -2.51. The number of halogens is 2. The zero-order chi connectivity index (χ0) is 14.7. The van der Waals surface area contributed by atoms with E-state index < -0.39 is 19.0 Å². The van der Waals surface area contributed by atoms with Gasteiger partial charge in [0.25, 0.3) is 6.43 Å². The number of carboxylic acid groups (broad SMARTS) is 1. The zero-order valence-corrected chi connectivity index (χ0v) is 10.8. The van der Waals surface area contributed by atoms with Crippen molar-refractivity contribution in [3.63, 3.8) is 0 Å². The van der Waals surface area contributed by atoms with E-state index in [1.807, 2.05) is 0 Å². The number of carbonyl (C=O) groups is 1. The topological polar surface area (TPSA) is 64.3 Å². The molecule has 0 aliphatic rings. The molecule has 0 unspecified atom stereocenters. The Hall–Kier alpha value is -2.02. The number of alkyl halides is 2. The second-order valence-electron chi connectivity index (χ2n) is 4.26. The molecule has 0 atom stereocenters. The molecule has 0 radical (unpaired) electrons. The molecule has 1 aromatic carbocycles. The van der Waals surface area contributed by atoms with Crippen LogP contribution in [0.2, 0.25) is 0 Å². The minimum absolute atomic E-state index is 0.0740. The quantitative estimate of drug-likeness (QED) is 0.827. The van der Waals surface area contributed by atoms with Gasteiger partial charge < -0.3 is 14.4 Å². The predicted octanol–water partition coefficient (Wildman–Crippen LogP) is 2.32. The van der Waals surface area contributed by atoms with Gasteiger partial charge in [0.05, 0.1) is 23.2 Å². The standard InChI is InChI=1S/C13H14F2N2O3/c1-8-16-10-4-2-3-9(13(18)19)12(10)17(8)5-6-20-7-11(14)15/h2-4,11H,5-7H2,1H3,(H,18,19). The molecule has 0 saturated carbocycles. The van der Waals surface area contributed by atoms with Gasteiger partial charge in [-0.1, -0.05) is 6.07 Å². The lowest BCUT2D eigenvalue weighted by molar-refractivity contribution is 0.0149. The van der Waals surface area contributed by atoms with Gasteiger partial charge in [0.2, 0.25) is 0 Å². The Balaban J connectivity index is 2.27. The van der Waals surface area contributed by atoms with Crippen molar-refractivity contribution in [2.75, 3.05) is 13.2 Å². The first-order valence-electron chi connectivity index (χ1n) is 6.05. The van der Waals surface area contributed by atoms with Crippen LogP contribution in [0.4, 0.5) is 8.78 Å². The molecule has 0 saturated heterocycles. The van der Waals surface area contributed by atoms with Crippen LogP contribution >= 0.6 is 0 Å². The van der Waals surface area contributed by atoms with Gasteiger partial charge in [-0.3, -0.25) is 0 Å². The lowest BCUT2D eigenvalue weighted by Gasteiger charge is -2.09. The first kappa shape index (κ1) is 14.4. The molecule has 1 N–H and O–H groups in total. The van der Waals surface area contributed by atoms with Crippen LogP contribution in [0.25, 0.3) is 11.0 Å². The van der Waals surface area contributed by atoms with E-state index in [4.69, 9.17) is 4.74 Å². The second kappa shape index (κ2) is 5.96. The van der Waals surface area contributed by atoms with E-state index in [1.54, 1.807) is 23.6 Å². The van der Waals surface area contributed by atoms with Crippen LogP contribution in [-0.4, -0.2) is 40.3 Å². The molecule has 108 valence electrons. The van der Waals surface area contributed by atoms with E-state index in [0.29, 0.717) is 16.9 Å². The fourth-order valence-corrected chi connectivity index (χ4v) is 2.08. The van der Waals surface area contributed by atoms with Crippen molar-refractivity contribution in [3.8, 4) is 0 Å². The predicted molar refractivity (Wildman–Crippen MR) is 68.3 cm³/mol. The summed E-state index contributed by atoms with van der Waals surface area (Å²) in [7, 11) is 0. The fraction of sp³-hybridized carbons (Fsp3) is 0.385. The molecule has 5 nitrogen and oxygen atoms in total. The van der Waals surface area contributed by atoms with Crippen molar-refractivity contribution in [2.24, 2.45) is 0 Å². The molecule has 0 bridgehead atoms. The number of carboxylic acids is 1. The second-order valence-corrected chi connectivity index (χ2v) is 4.26. The third-order valence-corrected chi connectivity index (χ3v) is 2.89. The molecule has 0 spiro atoms. The number of aromatic carboxylic acids is 1. The maximum Gasteiger partial charge on any atom is 0.337 e. The van der Waals surface area contributed by atoms with Crippen LogP contribution in [-0.2, 0) is 11.3 Å². The van der Waals surface area contributed by atoms with E-state index in [1.165, 1.54) is 6.07 Å². The van der Waals surface area contributed by atoms with Crippen LogP contribution in [0.5, 0.6) is 0 Å². The van der Waals surface area contributed by atoms with E-state index in [0.717, 1.165) is 0 Å². The average molecular weight is 284 g/mol. The van der Waals surface area contributed by atoms with Gasteiger partial charge in [-0.25, -0.2) is 18.6 Å². The lowest BCUT2D eigenvalue weighted by atomic mass is 10.2. The van der Waals surface area contributed by atoms with Crippen molar-refractivity contribution < 1.29 is 23.4 Å². The number of fused-ring (bicyclic) bond motifs is 1. The van der Waals surface area contributed by atoms with Gasteiger partial charge in [-0.2, -0.15) is 0 Å². The highest BCUT2D eigenvalue weighted by Gasteiger charge is 2.15. The molecule has 2 aromatic rings. The number of hydrogen-bond acceptors (Lipinski definition) is 3. The molecule has 0 amide bonds. The highest BCUT2D eigenvalue weighted by Crippen LogP contribution is 2.20. The number of rotatable bonds is 6. The number of ether oxygens (including phenoxy) is 1. The van der Waals surface area contributed by atoms with Gasteiger partial charge >= 0.3 is 5.97 Å². The average Bonchev–Trinajstić information content (AvgIpc) is 2.70. The number of aryl methyl sites for hydroxylation is 1. The SMILES string of the molecule is Cc1nc2cccc(C(=O)O)c2n1CCOCC(F)F. The summed E-state index contributed by atoms with van der Waals surface area (Å²) in [4.78, 5) is 15.5. The van der Waals surface area contributed by atoms with Gasteiger partial charge in [-0.05, 0) is 19.1 Å². The first-order valence-corrected chi connectivity index (χ1v) is 6.05. The molecule has 7 heteroatoms. The van der Waals surface area contributed by atoms with Crippen molar-refractivity contribution >= 4 is 17.0 Å². The van der Waals surface area contributed by atoms with E-state index >= 15 is 0 Å². The Kier molecular flexibility index (Phi) is 4.29. The summed E-state index contributed by atoms with van der Waals surface area (Å²) in [6, 6.07) is 4.82. The summed E-state index contributed by atoms with van der Waals surface area (Å²) in [5, 5.41) is 9.19. The van der Waals surface area contributed by atoms with Gasteiger partial charge in [0.15, 0.2) is 0 Å². The van der Waals surface area contributed by atoms with Gasteiger partial charge in [-0.15, -0.1) is 0 Å². The van der Waals surface area contributed by atoms with Crippen LogP contribution < -0.4 is 0 Å². The van der Waals surface area contributed by atoms with Gasteiger partial charge in [0.1, 0.15) is 12.4 Å². The zero-order valence-electron chi connectivity index (χ0n) is 10.8. The van der Waals surface area contributed by atoms with Crippen LogP contribution in [0.1, 0.15) is 16.2 Å². The monoisotopic (exact) mass is 284 g/mol. The van der Waals surface area contributed by atoms with Crippen molar-refractivity contribution in [2.45, 2.75) is 19.9 Å². The summed E-state index contributed by atoms with van der Waals surface area (Å²) < 4.78 is 30.5. The van der Waals surface area contributed by atoms with E-state index in [9.17, 15) is 18.7 Å². The molecule has 20 heavy (non-hydrogen) atoms. The maximum absolute atomic E-state index is 12.0. The largest absolute Gasteiger partial charge is 0.478 e. The molecular formula is C13H14F2N2O3. The number of benzene rings is 1. The number of aromatic nitrogens is 2. The Bertz CT molecular complexity index is 625. The first-order chi connectivity index (χ1) is 9.50. The Morgan fingerprint density at radius 3 is 2.90 bits per heavy atom. The van der Waals surface area contributed by atoms with Crippen molar-refractivity contribution in [1.29, 1.82) is 0 Å². The third kappa shape index (κ3) is 2.93. The number of para-hydroxylation sites is 1. The third-order valence-electron chi connectivity index (χ3n) is 2.89.